The Hall–Kier alpha value is -3.05. The van der Waals surface area contributed by atoms with Crippen LogP contribution < -0.4 is 10.2 Å². The molecule has 0 radical (unpaired) electrons. The first-order valence-corrected chi connectivity index (χ1v) is 9.18. The summed E-state index contributed by atoms with van der Waals surface area (Å²) in [4.78, 5) is 23.6. The number of piperazine rings is 1. The molecule has 1 N–H and O–H groups in total. The summed E-state index contributed by atoms with van der Waals surface area (Å²) < 4.78 is 0. The van der Waals surface area contributed by atoms with Crippen molar-refractivity contribution in [3.63, 3.8) is 0 Å². The molecule has 1 aromatic carbocycles. The molecule has 0 bridgehead atoms. The van der Waals surface area contributed by atoms with Crippen LogP contribution in [-0.4, -0.2) is 35.4 Å². The maximum Gasteiger partial charge on any atom is 0.212 e. The molecule has 1 atom stereocenters. The van der Waals surface area contributed by atoms with E-state index in [1.165, 1.54) is 11.1 Å². The third-order valence-electron chi connectivity index (χ3n) is 4.95. The number of hydrogen-bond donors (Lipinski definition) is 1. The van der Waals surface area contributed by atoms with Crippen molar-refractivity contribution in [3.8, 4) is 0 Å². The van der Waals surface area contributed by atoms with Crippen molar-refractivity contribution in [3.05, 3.63) is 89.4 Å². The Morgan fingerprint density at radius 1 is 1.11 bits per heavy atom. The third-order valence-corrected chi connectivity index (χ3v) is 4.95. The van der Waals surface area contributed by atoms with Crippen LogP contribution in [0.1, 0.15) is 33.2 Å². The van der Waals surface area contributed by atoms with E-state index in [4.69, 9.17) is 0 Å². The number of aryl methyl sites for hydroxylation is 1. The lowest BCUT2D eigenvalue weighted by molar-refractivity contribution is 0.103. The highest BCUT2D eigenvalue weighted by Crippen LogP contribution is 2.24. The van der Waals surface area contributed by atoms with E-state index in [1.807, 2.05) is 12.1 Å². The Morgan fingerprint density at radius 2 is 2.00 bits per heavy atom. The Balaban J connectivity index is 1.57. The fourth-order valence-corrected chi connectivity index (χ4v) is 3.51. The Morgan fingerprint density at radius 3 is 2.81 bits per heavy atom. The summed E-state index contributed by atoms with van der Waals surface area (Å²) in [5, 5.41) is 3.59. The minimum Gasteiger partial charge on any atom is -0.353 e. The summed E-state index contributed by atoms with van der Waals surface area (Å²) in [6, 6.07) is 17.9. The average molecular weight is 358 g/mol. The molecule has 1 saturated heterocycles. The van der Waals surface area contributed by atoms with Crippen LogP contribution in [0.2, 0.25) is 0 Å². The van der Waals surface area contributed by atoms with Crippen molar-refractivity contribution in [2.45, 2.75) is 13.0 Å². The monoisotopic (exact) mass is 358 g/mol. The number of nitrogens with one attached hydrogen (secondary N) is 1. The number of benzene rings is 1. The fraction of sp³-hybridized carbons (Fsp3) is 0.227. The molecule has 5 nitrogen and oxygen atoms in total. The molecule has 3 heterocycles. The van der Waals surface area contributed by atoms with Crippen molar-refractivity contribution in [1.29, 1.82) is 0 Å². The van der Waals surface area contributed by atoms with Crippen LogP contribution in [0.25, 0.3) is 0 Å². The lowest BCUT2D eigenvalue weighted by Gasteiger charge is -2.35. The van der Waals surface area contributed by atoms with Crippen LogP contribution in [0, 0.1) is 6.92 Å². The molecule has 136 valence electrons. The molecule has 0 amide bonds. The lowest BCUT2D eigenvalue weighted by Crippen LogP contribution is -2.46. The van der Waals surface area contributed by atoms with Crippen molar-refractivity contribution < 1.29 is 4.79 Å². The summed E-state index contributed by atoms with van der Waals surface area (Å²) in [5.41, 5.74) is 3.60. The summed E-state index contributed by atoms with van der Waals surface area (Å²) in [7, 11) is 0. The second-order valence-electron chi connectivity index (χ2n) is 6.76. The molecule has 4 rings (SSSR count). The molecule has 0 saturated carbocycles. The van der Waals surface area contributed by atoms with Crippen molar-refractivity contribution in [2.75, 3.05) is 24.5 Å². The fourth-order valence-electron chi connectivity index (χ4n) is 3.51. The first-order chi connectivity index (χ1) is 13.2. The number of anilines is 1. The average Bonchev–Trinajstić information content (AvgIpc) is 2.74. The highest BCUT2D eigenvalue weighted by Gasteiger charge is 2.23. The zero-order valence-corrected chi connectivity index (χ0v) is 15.3. The molecular formula is C22H22N4O. The van der Waals surface area contributed by atoms with Gasteiger partial charge in [0.2, 0.25) is 5.78 Å². The van der Waals surface area contributed by atoms with Crippen LogP contribution in [0.3, 0.4) is 0 Å². The Bertz CT molecular complexity index is 942. The minimum atomic E-state index is -0.101. The molecule has 1 fully saturated rings. The number of aromatic nitrogens is 2. The number of pyridine rings is 2. The van der Waals surface area contributed by atoms with Gasteiger partial charge in [-0.1, -0.05) is 30.3 Å². The largest absolute Gasteiger partial charge is 0.353 e. The standard InChI is InChI=1S/C22H22N4O/c1-16-6-2-3-8-18(16)20-15-26(13-12-24-20)21-10-4-9-19(25-21)22(27)17-7-5-11-23-14-17/h2-11,14,20,24H,12-13,15H2,1H3. The van der Waals surface area contributed by atoms with E-state index in [2.05, 4.69) is 51.4 Å². The Labute approximate surface area is 159 Å². The third kappa shape index (κ3) is 3.73. The molecule has 1 aliphatic heterocycles. The van der Waals surface area contributed by atoms with E-state index >= 15 is 0 Å². The van der Waals surface area contributed by atoms with Crippen molar-refractivity contribution in [2.24, 2.45) is 0 Å². The van der Waals surface area contributed by atoms with Crippen LogP contribution in [0.15, 0.2) is 67.0 Å². The lowest BCUT2D eigenvalue weighted by atomic mass is 9.99. The van der Waals surface area contributed by atoms with Gasteiger partial charge in [0.1, 0.15) is 11.5 Å². The zero-order chi connectivity index (χ0) is 18.6. The number of hydrogen-bond acceptors (Lipinski definition) is 5. The van der Waals surface area contributed by atoms with Crippen LogP contribution in [0.4, 0.5) is 5.82 Å². The Kier molecular flexibility index (Phi) is 4.94. The van der Waals surface area contributed by atoms with E-state index in [0.29, 0.717) is 11.3 Å². The minimum absolute atomic E-state index is 0.101. The smallest absolute Gasteiger partial charge is 0.212 e. The van der Waals surface area contributed by atoms with E-state index < -0.39 is 0 Å². The van der Waals surface area contributed by atoms with E-state index in [9.17, 15) is 4.79 Å². The molecule has 1 unspecified atom stereocenters. The van der Waals surface area contributed by atoms with Gasteiger partial charge < -0.3 is 10.2 Å². The quantitative estimate of drug-likeness (QED) is 0.726. The van der Waals surface area contributed by atoms with Crippen molar-refractivity contribution >= 4 is 11.6 Å². The predicted molar refractivity (Wildman–Crippen MR) is 106 cm³/mol. The summed E-state index contributed by atoms with van der Waals surface area (Å²) >= 11 is 0. The highest BCUT2D eigenvalue weighted by molar-refractivity contribution is 6.07. The van der Waals surface area contributed by atoms with E-state index in [-0.39, 0.29) is 11.8 Å². The predicted octanol–water partition coefficient (Wildman–Crippen LogP) is 3.17. The van der Waals surface area contributed by atoms with Gasteiger partial charge in [0.25, 0.3) is 0 Å². The first kappa shape index (κ1) is 17.4. The van der Waals surface area contributed by atoms with E-state index in [1.54, 1.807) is 30.6 Å². The van der Waals surface area contributed by atoms with Gasteiger partial charge in [0, 0.05) is 37.6 Å². The molecule has 0 aliphatic carbocycles. The summed E-state index contributed by atoms with van der Waals surface area (Å²) in [6.07, 6.45) is 3.24. The number of ketones is 1. The van der Waals surface area contributed by atoms with Gasteiger partial charge in [0.15, 0.2) is 0 Å². The van der Waals surface area contributed by atoms with Gasteiger partial charge >= 0.3 is 0 Å². The SMILES string of the molecule is Cc1ccccc1C1CN(c2cccc(C(=O)c3cccnc3)n2)CCN1. The molecule has 1 aliphatic rings. The molecule has 2 aromatic heterocycles. The van der Waals surface area contributed by atoms with Gasteiger partial charge in [0.05, 0.1) is 6.04 Å². The van der Waals surface area contributed by atoms with E-state index in [0.717, 1.165) is 25.5 Å². The maximum absolute atomic E-state index is 12.7. The first-order valence-electron chi connectivity index (χ1n) is 9.18. The van der Waals surface area contributed by atoms with Crippen molar-refractivity contribution in [1.82, 2.24) is 15.3 Å². The van der Waals surface area contributed by atoms with Gasteiger partial charge in [-0.2, -0.15) is 0 Å². The van der Waals surface area contributed by atoms with Gasteiger partial charge in [-0.15, -0.1) is 0 Å². The number of rotatable bonds is 4. The summed E-state index contributed by atoms with van der Waals surface area (Å²) in [6.45, 7) is 4.70. The molecule has 27 heavy (non-hydrogen) atoms. The normalized spacial score (nSPS) is 16.9. The number of carbonyl (C=O) groups is 1. The van der Waals surface area contributed by atoms with Crippen LogP contribution >= 0.6 is 0 Å². The van der Waals surface area contributed by atoms with Gasteiger partial charge in [-0.25, -0.2) is 4.98 Å². The van der Waals surface area contributed by atoms with Crippen LogP contribution in [0.5, 0.6) is 0 Å². The molecule has 3 aromatic rings. The zero-order valence-electron chi connectivity index (χ0n) is 15.3. The molecular weight excluding hydrogens is 336 g/mol. The second kappa shape index (κ2) is 7.68. The van der Waals surface area contributed by atoms with Gasteiger partial charge in [-0.05, 0) is 42.3 Å². The summed E-state index contributed by atoms with van der Waals surface area (Å²) in [5.74, 6) is 0.736. The van der Waals surface area contributed by atoms with Gasteiger partial charge in [-0.3, -0.25) is 9.78 Å². The number of nitrogens with zero attached hydrogens (tertiary/aromatic N) is 3. The molecule has 5 heteroatoms. The topological polar surface area (TPSA) is 58.1 Å². The van der Waals surface area contributed by atoms with Crippen LogP contribution in [-0.2, 0) is 0 Å². The maximum atomic E-state index is 12.7. The highest BCUT2D eigenvalue weighted by atomic mass is 16.1. The molecule has 0 spiro atoms. The number of carbonyl (C=O) groups excluding carboxylic acids is 1. The second-order valence-corrected chi connectivity index (χ2v) is 6.76.